The number of nitrogens with zero attached hydrogens (tertiary/aromatic N) is 2. The summed E-state index contributed by atoms with van der Waals surface area (Å²) in [5, 5.41) is 54.6. The summed E-state index contributed by atoms with van der Waals surface area (Å²) in [6.07, 6.45) is -6.40. The number of aromatic nitrogens is 3. The van der Waals surface area contributed by atoms with Gasteiger partial charge in [0.25, 0.3) is 0 Å². The zero-order valence-corrected chi connectivity index (χ0v) is 8.63. The van der Waals surface area contributed by atoms with Crippen molar-refractivity contribution >= 4 is 5.78 Å². The molecule has 0 aromatic carbocycles. The average molecular weight is 247 g/mol. The number of ketones is 1. The highest BCUT2D eigenvalue weighted by atomic mass is 16.4. The van der Waals surface area contributed by atoms with Crippen LogP contribution < -0.4 is 0 Å². The van der Waals surface area contributed by atoms with Crippen LogP contribution in [0.2, 0.25) is 0 Å². The smallest absolute Gasteiger partial charge is 0.215 e. The summed E-state index contributed by atoms with van der Waals surface area (Å²) < 4.78 is 0. The second kappa shape index (κ2) is 5.80. The lowest BCUT2D eigenvalue weighted by molar-refractivity contribution is -0.105. The van der Waals surface area contributed by atoms with Crippen molar-refractivity contribution in [1.82, 2.24) is 15.4 Å². The molecule has 0 saturated carbocycles. The van der Waals surface area contributed by atoms with Crippen molar-refractivity contribution in [1.29, 1.82) is 0 Å². The largest absolute Gasteiger partial charge is 0.394 e. The van der Waals surface area contributed by atoms with Gasteiger partial charge in [0.2, 0.25) is 5.78 Å². The molecule has 0 aliphatic heterocycles. The number of Topliss-reactive ketones (excluding diaryl/α,β-unsaturated/α-hetero) is 1. The first-order valence-electron chi connectivity index (χ1n) is 4.72. The van der Waals surface area contributed by atoms with Gasteiger partial charge in [0, 0.05) is 0 Å². The first kappa shape index (κ1) is 13.7. The van der Waals surface area contributed by atoms with Gasteiger partial charge in [-0.1, -0.05) is 0 Å². The number of H-pyrrole nitrogens is 1. The molecule has 9 nitrogen and oxygen atoms in total. The second-order valence-electron chi connectivity index (χ2n) is 3.40. The summed E-state index contributed by atoms with van der Waals surface area (Å²) in [6.45, 7) is -0.816. The Morgan fingerprint density at radius 3 is 2.41 bits per heavy atom. The molecule has 1 aromatic rings. The maximum Gasteiger partial charge on any atom is 0.215 e. The molecule has 0 radical (unpaired) electrons. The van der Waals surface area contributed by atoms with E-state index in [-0.39, 0.29) is 5.69 Å². The maximum absolute atomic E-state index is 11.5. The molecule has 0 spiro atoms. The number of aliphatic hydroxyl groups excluding tert-OH is 5. The predicted octanol–water partition coefficient (Wildman–Crippen LogP) is -3.58. The quantitative estimate of drug-likeness (QED) is 0.281. The first-order valence-corrected chi connectivity index (χ1v) is 4.72. The molecule has 0 unspecified atom stereocenters. The number of nitrogens with one attached hydrogen (secondary N) is 1. The van der Waals surface area contributed by atoms with Crippen LogP contribution >= 0.6 is 0 Å². The summed E-state index contributed by atoms with van der Waals surface area (Å²) in [6, 6.07) is 0. The minimum absolute atomic E-state index is 0.220. The van der Waals surface area contributed by atoms with E-state index >= 15 is 0 Å². The first-order chi connectivity index (χ1) is 7.99. The topological polar surface area (TPSA) is 160 Å². The Bertz CT molecular complexity index is 356. The zero-order valence-electron chi connectivity index (χ0n) is 8.63. The van der Waals surface area contributed by atoms with Gasteiger partial charge >= 0.3 is 0 Å². The van der Waals surface area contributed by atoms with Crippen molar-refractivity contribution < 1.29 is 30.3 Å². The van der Waals surface area contributed by atoms with E-state index in [9.17, 15) is 20.1 Å². The summed E-state index contributed by atoms with van der Waals surface area (Å²) in [5.74, 6) is -0.963. The molecule has 0 bridgehead atoms. The Balaban J connectivity index is 2.69. The molecule has 96 valence electrons. The van der Waals surface area contributed by atoms with E-state index in [2.05, 4.69) is 15.4 Å². The normalized spacial score (nSPS) is 18.4. The van der Waals surface area contributed by atoms with Gasteiger partial charge in [0.15, 0.2) is 5.69 Å². The highest BCUT2D eigenvalue weighted by Crippen LogP contribution is 2.09. The van der Waals surface area contributed by atoms with Crippen LogP contribution in [0.15, 0.2) is 6.20 Å². The van der Waals surface area contributed by atoms with E-state index in [0.29, 0.717) is 0 Å². The molecule has 4 atom stereocenters. The fourth-order valence-electron chi connectivity index (χ4n) is 1.15. The summed E-state index contributed by atoms with van der Waals surface area (Å²) in [7, 11) is 0. The summed E-state index contributed by atoms with van der Waals surface area (Å²) in [5.41, 5.74) is -0.220. The lowest BCUT2D eigenvalue weighted by Gasteiger charge is -2.24. The molecule has 0 aliphatic carbocycles. The van der Waals surface area contributed by atoms with Gasteiger partial charge in [-0.05, 0) is 0 Å². The third-order valence-electron chi connectivity index (χ3n) is 2.19. The van der Waals surface area contributed by atoms with Crippen LogP contribution in [0, 0.1) is 0 Å². The van der Waals surface area contributed by atoms with Crippen LogP contribution in [0.1, 0.15) is 10.5 Å². The molecule has 9 heteroatoms. The number of hydrogen-bond acceptors (Lipinski definition) is 8. The Morgan fingerprint density at radius 1 is 1.29 bits per heavy atom. The van der Waals surface area contributed by atoms with E-state index in [1.54, 1.807) is 0 Å². The van der Waals surface area contributed by atoms with Gasteiger partial charge < -0.3 is 25.5 Å². The Kier molecular flexibility index (Phi) is 4.66. The van der Waals surface area contributed by atoms with Crippen molar-refractivity contribution in [3.05, 3.63) is 11.9 Å². The van der Waals surface area contributed by atoms with Gasteiger partial charge in [-0.25, -0.2) is 0 Å². The summed E-state index contributed by atoms with van der Waals surface area (Å²) >= 11 is 0. The third-order valence-corrected chi connectivity index (χ3v) is 2.19. The SMILES string of the molecule is O=C(c1cn[nH]n1)[C@@H](O)[C@@H](O)[C@H](O)[C@H](O)CO. The predicted molar refractivity (Wildman–Crippen MR) is 51.8 cm³/mol. The van der Waals surface area contributed by atoms with Gasteiger partial charge in [-0.2, -0.15) is 15.4 Å². The molecule has 0 amide bonds. The molecule has 1 rings (SSSR count). The van der Waals surface area contributed by atoms with Crippen molar-refractivity contribution in [2.45, 2.75) is 24.4 Å². The highest BCUT2D eigenvalue weighted by molar-refractivity contribution is 5.97. The van der Waals surface area contributed by atoms with Gasteiger partial charge in [-0.3, -0.25) is 4.79 Å². The Morgan fingerprint density at radius 2 is 1.94 bits per heavy atom. The molecular formula is C8H13N3O6. The van der Waals surface area contributed by atoms with Crippen molar-refractivity contribution in [2.24, 2.45) is 0 Å². The number of aromatic amines is 1. The molecule has 1 aromatic heterocycles. The van der Waals surface area contributed by atoms with Crippen LogP contribution in [0.3, 0.4) is 0 Å². The highest BCUT2D eigenvalue weighted by Gasteiger charge is 2.35. The van der Waals surface area contributed by atoms with Crippen molar-refractivity contribution in [2.75, 3.05) is 6.61 Å². The monoisotopic (exact) mass is 247 g/mol. The number of rotatable bonds is 6. The fourth-order valence-corrected chi connectivity index (χ4v) is 1.15. The van der Waals surface area contributed by atoms with E-state index in [0.717, 1.165) is 6.20 Å². The minimum atomic E-state index is -1.98. The number of aliphatic hydroxyl groups is 5. The zero-order chi connectivity index (χ0) is 13.0. The molecule has 0 saturated heterocycles. The van der Waals surface area contributed by atoms with Crippen LogP contribution in [-0.4, -0.2) is 77.7 Å². The van der Waals surface area contributed by atoms with E-state index in [1.165, 1.54) is 0 Å². The van der Waals surface area contributed by atoms with E-state index in [1.807, 2.05) is 0 Å². The lowest BCUT2D eigenvalue weighted by Crippen LogP contribution is -2.48. The molecule has 0 fully saturated rings. The molecule has 1 heterocycles. The Labute approximate surface area is 95.3 Å². The number of carbonyl (C=O) groups excluding carboxylic acids is 1. The average Bonchev–Trinajstić information content (AvgIpc) is 2.87. The van der Waals surface area contributed by atoms with Crippen LogP contribution in [0.4, 0.5) is 0 Å². The van der Waals surface area contributed by atoms with Crippen molar-refractivity contribution in [3.8, 4) is 0 Å². The molecule has 0 aliphatic rings. The van der Waals surface area contributed by atoms with E-state index < -0.39 is 36.8 Å². The fraction of sp³-hybridized carbons (Fsp3) is 0.625. The minimum Gasteiger partial charge on any atom is -0.394 e. The third kappa shape index (κ3) is 3.05. The van der Waals surface area contributed by atoms with Crippen LogP contribution in [0.5, 0.6) is 0 Å². The Hall–Kier alpha value is -1.39. The number of carbonyl (C=O) groups is 1. The maximum atomic E-state index is 11.5. The van der Waals surface area contributed by atoms with Gasteiger partial charge in [0.05, 0.1) is 12.8 Å². The second-order valence-corrected chi connectivity index (χ2v) is 3.40. The molecular weight excluding hydrogens is 234 g/mol. The van der Waals surface area contributed by atoms with Crippen LogP contribution in [0.25, 0.3) is 0 Å². The van der Waals surface area contributed by atoms with Crippen LogP contribution in [-0.2, 0) is 0 Å². The van der Waals surface area contributed by atoms with Crippen molar-refractivity contribution in [3.63, 3.8) is 0 Å². The van der Waals surface area contributed by atoms with E-state index in [4.69, 9.17) is 10.2 Å². The van der Waals surface area contributed by atoms with Gasteiger partial charge in [-0.15, -0.1) is 0 Å². The number of hydrogen-bond donors (Lipinski definition) is 6. The lowest BCUT2D eigenvalue weighted by atomic mass is 9.99. The standard InChI is InChI=1S/C8H13N3O6/c12-2-4(13)6(15)8(17)7(16)5(14)3-1-9-11-10-3/h1,4,6-8,12-13,15-17H,2H2,(H,9,10,11)/t4-,6-,7-,8+/m1/s1. The molecule has 17 heavy (non-hydrogen) atoms. The van der Waals surface area contributed by atoms with Gasteiger partial charge in [0.1, 0.15) is 24.4 Å². The molecule has 6 N–H and O–H groups in total. The summed E-state index contributed by atoms with van der Waals surface area (Å²) in [4.78, 5) is 11.5.